The standard InChI is InChI=1S/C29H37BN4O9/c1-17(2)14-22(30-41-23(36)15-29(43-30,16-24(37)42-30)28(40)34(4)5)32-27(39)25(18(3)35)33-26(38)21-13-9-12-20(31-21)19-10-7-6-8-11-19/h6-13,17-18,22,25,35,41H,14-16H2,1-5H3,(H,32,39)(H,33,38)/t18-,22+,25+,29-,30?/m1/s1. The van der Waals surface area contributed by atoms with E-state index in [2.05, 4.69) is 20.3 Å². The molecule has 4 N–H and O–H groups in total. The second-order valence-corrected chi connectivity index (χ2v) is 11.6. The van der Waals surface area contributed by atoms with Gasteiger partial charge in [0, 0.05) is 30.4 Å². The first-order valence-electron chi connectivity index (χ1n) is 14.1. The molecule has 2 saturated heterocycles. The van der Waals surface area contributed by atoms with Gasteiger partial charge in [-0.2, -0.15) is 0 Å². The molecular formula is C29H37BN4O9. The number of carboxylic acids is 1. The van der Waals surface area contributed by atoms with Crippen molar-refractivity contribution in [2.75, 3.05) is 14.1 Å². The average molecular weight is 596 g/mol. The topological polar surface area (TPSA) is 177 Å². The van der Waals surface area contributed by atoms with E-state index in [1.807, 2.05) is 44.2 Å². The molecule has 3 amide bonds. The van der Waals surface area contributed by atoms with Crippen LogP contribution in [0.2, 0.25) is 0 Å². The number of benzene rings is 1. The number of likely N-dealkylation sites (N-methyl/N-ethyl adjacent to an activating group) is 1. The summed E-state index contributed by atoms with van der Waals surface area (Å²) in [5, 5.41) is 15.7. The molecule has 13 nitrogen and oxygen atoms in total. The summed E-state index contributed by atoms with van der Waals surface area (Å²) >= 11 is 0. The smallest absolute Gasteiger partial charge is 0.594 e. The van der Waals surface area contributed by atoms with Gasteiger partial charge >= 0.3 is 12.7 Å². The maximum absolute atomic E-state index is 13.6. The molecule has 230 valence electrons. The van der Waals surface area contributed by atoms with Gasteiger partial charge in [-0.05, 0) is 25.0 Å². The highest BCUT2D eigenvalue weighted by Crippen LogP contribution is 2.40. The molecule has 2 aromatic rings. The van der Waals surface area contributed by atoms with Crippen molar-refractivity contribution in [1.82, 2.24) is 20.5 Å². The number of aliphatic carboxylic acids is 1. The molecule has 0 saturated carbocycles. The lowest BCUT2D eigenvalue weighted by Gasteiger charge is -2.56. The van der Waals surface area contributed by atoms with Gasteiger partial charge in [-0.25, -0.2) is 4.98 Å². The van der Waals surface area contributed by atoms with Gasteiger partial charge in [0.2, 0.25) is 5.91 Å². The van der Waals surface area contributed by atoms with Crippen LogP contribution in [0.5, 0.6) is 0 Å². The van der Waals surface area contributed by atoms with Gasteiger partial charge in [0.25, 0.3) is 17.8 Å². The fourth-order valence-corrected chi connectivity index (χ4v) is 5.43. The van der Waals surface area contributed by atoms with E-state index < -0.39 is 72.9 Å². The van der Waals surface area contributed by atoms with Gasteiger partial charge < -0.3 is 34.6 Å². The maximum atomic E-state index is 13.6. The number of fused-ring (bicyclic) bond motifs is 2. The van der Waals surface area contributed by atoms with E-state index >= 15 is 0 Å². The van der Waals surface area contributed by atoms with Crippen molar-refractivity contribution in [3.05, 3.63) is 54.2 Å². The minimum absolute atomic E-state index is 0.0192. The first-order chi connectivity index (χ1) is 20.2. The molecule has 1 aromatic carbocycles. The number of nitrogens with one attached hydrogen (secondary N) is 2. The third-order valence-corrected chi connectivity index (χ3v) is 7.35. The average Bonchev–Trinajstić information content (AvgIpc) is 2.94. The number of aliphatic hydroxyl groups is 1. The molecule has 0 radical (unpaired) electrons. The van der Waals surface area contributed by atoms with Crippen LogP contribution in [0.1, 0.15) is 50.5 Å². The van der Waals surface area contributed by atoms with Gasteiger partial charge in [0.05, 0.1) is 18.2 Å². The number of hydrogen-bond acceptors (Lipinski definition) is 9. The van der Waals surface area contributed by atoms with Crippen LogP contribution in [0, 0.1) is 5.92 Å². The Bertz CT molecular complexity index is 1380. The Morgan fingerprint density at radius 1 is 1.05 bits per heavy atom. The number of pyridine rings is 1. The van der Waals surface area contributed by atoms with Crippen LogP contribution in [0.25, 0.3) is 11.3 Å². The summed E-state index contributed by atoms with van der Waals surface area (Å²) in [5.74, 6) is -4.97. The SMILES string of the molecule is CC(C)C[C@H](NC(=O)[C@@H](NC(=O)c1cccc(-c2ccccc2)n1)[C@@H](C)O)[B-]12OC(=O)C[C@@](C(=O)N(C)C)(CC(=O)[OH+]1)O2. The van der Waals surface area contributed by atoms with Crippen molar-refractivity contribution in [2.24, 2.45) is 5.92 Å². The van der Waals surface area contributed by atoms with Crippen molar-refractivity contribution in [2.45, 2.75) is 63.7 Å². The Labute approximate surface area is 249 Å². The molecule has 2 aliphatic rings. The highest BCUT2D eigenvalue weighted by atomic mass is 16.8. The zero-order chi connectivity index (χ0) is 31.5. The van der Waals surface area contributed by atoms with Crippen molar-refractivity contribution in [3.8, 4) is 11.3 Å². The minimum atomic E-state index is -3.21. The largest absolute Gasteiger partial charge is 0.717 e. The normalized spacial score (nSPS) is 23.3. The number of hydrogen-bond donors (Lipinski definition) is 3. The molecule has 43 heavy (non-hydrogen) atoms. The predicted octanol–water partition coefficient (Wildman–Crippen LogP) is 0.486. The van der Waals surface area contributed by atoms with Crippen LogP contribution in [-0.2, 0) is 28.5 Å². The van der Waals surface area contributed by atoms with Gasteiger partial charge in [0.1, 0.15) is 23.8 Å². The highest BCUT2D eigenvalue weighted by Gasteiger charge is 2.65. The quantitative estimate of drug-likeness (QED) is 0.260. The number of carbonyl (C=O) groups excluding carboxylic acids is 4. The Morgan fingerprint density at radius 3 is 2.37 bits per heavy atom. The van der Waals surface area contributed by atoms with E-state index in [0.717, 1.165) is 5.56 Å². The van der Waals surface area contributed by atoms with E-state index in [4.69, 9.17) is 9.31 Å². The molecule has 14 heteroatoms. The summed E-state index contributed by atoms with van der Waals surface area (Å²) < 4.78 is 15.7. The summed E-state index contributed by atoms with van der Waals surface area (Å²) in [4.78, 5) is 71.2. The van der Waals surface area contributed by atoms with Crippen LogP contribution in [-0.4, -0.2) is 93.8 Å². The zero-order valence-corrected chi connectivity index (χ0v) is 24.8. The van der Waals surface area contributed by atoms with E-state index in [-0.39, 0.29) is 18.0 Å². The summed E-state index contributed by atoms with van der Waals surface area (Å²) in [6.07, 6.45) is -2.17. The third-order valence-electron chi connectivity index (χ3n) is 7.35. The fraction of sp³-hybridized carbons (Fsp3) is 0.448. The summed E-state index contributed by atoms with van der Waals surface area (Å²) in [6, 6.07) is 12.6. The fourth-order valence-electron chi connectivity index (χ4n) is 5.43. The van der Waals surface area contributed by atoms with Crippen molar-refractivity contribution in [1.29, 1.82) is 0 Å². The van der Waals surface area contributed by atoms with Crippen LogP contribution >= 0.6 is 0 Å². The van der Waals surface area contributed by atoms with Crippen LogP contribution in [0.15, 0.2) is 48.5 Å². The van der Waals surface area contributed by atoms with Crippen molar-refractivity contribution in [3.63, 3.8) is 0 Å². The number of aromatic nitrogens is 1. The zero-order valence-electron chi connectivity index (χ0n) is 24.8. The van der Waals surface area contributed by atoms with Gasteiger partial charge in [-0.15, -0.1) is 0 Å². The summed E-state index contributed by atoms with van der Waals surface area (Å²) in [5.41, 5.74) is -0.478. The number of rotatable bonds is 10. The lowest BCUT2D eigenvalue weighted by molar-refractivity contribution is -0.204. The molecule has 4 rings (SSSR count). The molecule has 2 bridgehead atoms. The van der Waals surface area contributed by atoms with Crippen LogP contribution < -0.4 is 10.6 Å². The van der Waals surface area contributed by atoms with E-state index in [9.17, 15) is 29.1 Å². The Hall–Kier alpha value is -4.30. The Kier molecular flexibility index (Phi) is 9.21. The number of nitrogens with zero attached hydrogens (tertiary/aromatic N) is 2. The lowest BCUT2D eigenvalue weighted by atomic mass is 9.61. The van der Waals surface area contributed by atoms with Gasteiger partial charge in [0.15, 0.2) is 0 Å². The molecule has 1 unspecified atom stereocenters. The van der Waals surface area contributed by atoms with Gasteiger partial charge in [-0.1, -0.05) is 56.7 Å². The second-order valence-electron chi connectivity index (χ2n) is 11.6. The van der Waals surface area contributed by atoms with Crippen LogP contribution in [0.3, 0.4) is 0 Å². The first-order valence-corrected chi connectivity index (χ1v) is 14.1. The molecule has 0 spiro atoms. The monoisotopic (exact) mass is 596 g/mol. The number of amides is 3. The predicted molar refractivity (Wildman–Crippen MR) is 155 cm³/mol. The molecule has 1 aromatic heterocycles. The molecule has 0 aliphatic carbocycles. The van der Waals surface area contributed by atoms with E-state index in [1.165, 1.54) is 32.0 Å². The van der Waals surface area contributed by atoms with Crippen LogP contribution in [0.4, 0.5) is 0 Å². The summed E-state index contributed by atoms with van der Waals surface area (Å²) in [7, 11) is 2.94. The highest BCUT2D eigenvalue weighted by molar-refractivity contribution is 6.66. The van der Waals surface area contributed by atoms with E-state index in [1.54, 1.807) is 12.1 Å². The minimum Gasteiger partial charge on any atom is -0.717 e. The van der Waals surface area contributed by atoms with E-state index in [0.29, 0.717) is 5.69 Å². The molecule has 5 atom stereocenters. The first kappa shape index (κ1) is 31.6. The lowest BCUT2D eigenvalue weighted by Crippen LogP contribution is -2.77. The molecule has 2 fully saturated rings. The molecule has 2 aliphatic heterocycles. The molecule has 3 heterocycles. The Balaban J connectivity index is 1.60. The number of carbonyl (C=O) groups is 5. The summed E-state index contributed by atoms with van der Waals surface area (Å²) in [6.45, 7) is 1.78. The van der Waals surface area contributed by atoms with Crippen molar-refractivity contribution >= 4 is 36.4 Å². The Morgan fingerprint density at radius 2 is 1.74 bits per heavy atom. The number of aliphatic hydroxyl groups excluding tert-OH is 1. The third kappa shape index (κ3) is 6.86. The molecular weight excluding hydrogens is 559 g/mol. The maximum Gasteiger partial charge on any atom is 0.594 e. The van der Waals surface area contributed by atoms with Crippen molar-refractivity contribution < 1.29 is 43.0 Å². The second kappa shape index (κ2) is 12.5. The van der Waals surface area contributed by atoms with Gasteiger partial charge in [-0.3, -0.25) is 19.2 Å².